The van der Waals surface area contributed by atoms with E-state index in [1.165, 1.54) is 12.1 Å². The molecule has 1 aliphatic heterocycles. The largest absolute Gasteiger partial charge is 0.370 e. The van der Waals surface area contributed by atoms with Gasteiger partial charge >= 0.3 is 0 Å². The summed E-state index contributed by atoms with van der Waals surface area (Å²) in [5, 5.41) is 0.384. The number of nitrogens with zero attached hydrogens (tertiary/aromatic N) is 2. The third-order valence-corrected chi connectivity index (χ3v) is 3.78. The van der Waals surface area contributed by atoms with Crippen LogP contribution in [0.5, 0.6) is 0 Å². The van der Waals surface area contributed by atoms with E-state index in [4.69, 9.17) is 17.3 Å². The molecule has 2 N–H and O–H groups in total. The zero-order valence-electron chi connectivity index (χ0n) is 11.3. The molecule has 2 aromatic carbocycles. The Kier molecular flexibility index (Phi) is 3.80. The SMILES string of the molecule is NC1=NCC(c2cc(F)cc(Cl)c2)N1Cc1ccccc1. The molecule has 0 spiro atoms. The molecule has 0 saturated heterocycles. The average molecular weight is 304 g/mol. The van der Waals surface area contributed by atoms with Gasteiger partial charge in [-0.3, -0.25) is 4.99 Å². The first-order valence-electron chi connectivity index (χ1n) is 6.70. The van der Waals surface area contributed by atoms with E-state index in [2.05, 4.69) is 4.99 Å². The van der Waals surface area contributed by atoms with Crippen LogP contribution in [0, 0.1) is 5.82 Å². The summed E-state index contributed by atoms with van der Waals surface area (Å²) in [5.74, 6) is 0.131. The van der Waals surface area contributed by atoms with Crippen LogP contribution in [-0.2, 0) is 6.54 Å². The molecule has 0 radical (unpaired) electrons. The molecule has 0 fully saturated rings. The monoisotopic (exact) mass is 303 g/mol. The Labute approximate surface area is 127 Å². The van der Waals surface area contributed by atoms with Gasteiger partial charge in [0, 0.05) is 11.6 Å². The van der Waals surface area contributed by atoms with Crippen molar-refractivity contribution in [1.82, 2.24) is 4.90 Å². The van der Waals surface area contributed by atoms with Gasteiger partial charge < -0.3 is 10.6 Å². The van der Waals surface area contributed by atoms with Crippen molar-refractivity contribution in [1.29, 1.82) is 0 Å². The highest BCUT2D eigenvalue weighted by Gasteiger charge is 2.28. The second-order valence-electron chi connectivity index (χ2n) is 5.03. The molecular weight excluding hydrogens is 289 g/mol. The maximum atomic E-state index is 13.6. The molecule has 1 aliphatic rings. The maximum Gasteiger partial charge on any atom is 0.192 e. The molecule has 0 saturated carbocycles. The third kappa shape index (κ3) is 3.00. The highest BCUT2D eigenvalue weighted by molar-refractivity contribution is 6.30. The molecule has 1 atom stereocenters. The summed E-state index contributed by atoms with van der Waals surface area (Å²) in [6, 6.07) is 14.4. The van der Waals surface area contributed by atoms with Crippen LogP contribution in [-0.4, -0.2) is 17.4 Å². The zero-order chi connectivity index (χ0) is 14.8. The highest BCUT2D eigenvalue weighted by atomic mass is 35.5. The molecule has 0 aliphatic carbocycles. The quantitative estimate of drug-likeness (QED) is 0.945. The lowest BCUT2D eigenvalue weighted by Crippen LogP contribution is -2.35. The van der Waals surface area contributed by atoms with Crippen molar-refractivity contribution in [2.75, 3.05) is 6.54 Å². The lowest BCUT2D eigenvalue weighted by atomic mass is 10.1. The van der Waals surface area contributed by atoms with Crippen LogP contribution in [0.3, 0.4) is 0 Å². The van der Waals surface area contributed by atoms with E-state index < -0.39 is 0 Å². The van der Waals surface area contributed by atoms with Gasteiger partial charge in [0.15, 0.2) is 5.96 Å². The molecule has 3 nitrogen and oxygen atoms in total. The Balaban J connectivity index is 1.88. The van der Waals surface area contributed by atoms with Crippen LogP contribution in [0.25, 0.3) is 0 Å². The van der Waals surface area contributed by atoms with Gasteiger partial charge in [-0.25, -0.2) is 4.39 Å². The molecule has 2 aromatic rings. The Morgan fingerprint density at radius 2 is 2.00 bits per heavy atom. The van der Waals surface area contributed by atoms with Gasteiger partial charge in [-0.05, 0) is 29.3 Å². The normalized spacial score (nSPS) is 17.9. The summed E-state index contributed by atoms with van der Waals surface area (Å²) >= 11 is 5.95. The molecule has 1 unspecified atom stereocenters. The minimum absolute atomic E-state index is 0.0848. The average Bonchev–Trinajstić information content (AvgIpc) is 2.80. The van der Waals surface area contributed by atoms with Gasteiger partial charge in [0.1, 0.15) is 5.82 Å². The fourth-order valence-electron chi connectivity index (χ4n) is 2.55. The first-order chi connectivity index (χ1) is 10.1. The summed E-state index contributed by atoms with van der Waals surface area (Å²) < 4.78 is 13.6. The van der Waals surface area contributed by atoms with E-state index in [0.29, 0.717) is 24.1 Å². The molecule has 0 aromatic heterocycles. The minimum atomic E-state index is -0.345. The second kappa shape index (κ2) is 5.74. The minimum Gasteiger partial charge on any atom is -0.370 e. The van der Waals surface area contributed by atoms with Crippen LogP contribution in [0.15, 0.2) is 53.5 Å². The Bertz CT molecular complexity index is 652. The topological polar surface area (TPSA) is 41.6 Å². The number of benzene rings is 2. The molecule has 0 amide bonds. The fraction of sp³-hybridized carbons (Fsp3) is 0.188. The summed E-state index contributed by atoms with van der Waals surface area (Å²) in [7, 11) is 0. The van der Waals surface area contributed by atoms with Gasteiger partial charge in [0.2, 0.25) is 0 Å². The second-order valence-corrected chi connectivity index (χ2v) is 5.47. The molecule has 1 heterocycles. The summed E-state index contributed by atoms with van der Waals surface area (Å²) in [5.41, 5.74) is 7.90. The van der Waals surface area contributed by atoms with Gasteiger partial charge in [0.05, 0.1) is 12.6 Å². The third-order valence-electron chi connectivity index (χ3n) is 3.56. The number of rotatable bonds is 3. The molecular formula is C16H15ClFN3. The fourth-order valence-corrected chi connectivity index (χ4v) is 2.78. The number of aliphatic imine (C=N–C) groups is 1. The van der Waals surface area contributed by atoms with E-state index in [1.807, 2.05) is 35.2 Å². The van der Waals surface area contributed by atoms with Gasteiger partial charge in [-0.15, -0.1) is 0 Å². The lowest BCUT2D eigenvalue weighted by molar-refractivity contribution is 0.339. The number of halogens is 2. The summed E-state index contributed by atoms with van der Waals surface area (Å²) in [6.45, 7) is 1.15. The Morgan fingerprint density at radius 3 is 2.71 bits per heavy atom. The lowest BCUT2D eigenvalue weighted by Gasteiger charge is -2.26. The number of nitrogens with two attached hydrogens (primary N) is 1. The smallest absolute Gasteiger partial charge is 0.192 e. The van der Waals surface area contributed by atoms with E-state index in [9.17, 15) is 4.39 Å². The first-order valence-corrected chi connectivity index (χ1v) is 7.08. The molecule has 3 rings (SSSR count). The molecule has 21 heavy (non-hydrogen) atoms. The van der Waals surface area contributed by atoms with E-state index >= 15 is 0 Å². The first kappa shape index (κ1) is 13.9. The predicted molar refractivity (Wildman–Crippen MR) is 82.6 cm³/mol. The Hall–Kier alpha value is -2.07. The molecule has 108 valence electrons. The van der Waals surface area contributed by atoms with E-state index in [-0.39, 0.29) is 11.9 Å². The number of guanidine groups is 1. The van der Waals surface area contributed by atoms with Gasteiger partial charge in [-0.1, -0.05) is 41.9 Å². The van der Waals surface area contributed by atoms with Crippen molar-refractivity contribution in [3.63, 3.8) is 0 Å². The van der Waals surface area contributed by atoms with Crippen LogP contribution < -0.4 is 5.73 Å². The summed E-state index contributed by atoms with van der Waals surface area (Å²) in [6.07, 6.45) is 0. The van der Waals surface area contributed by atoms with Crippen molar-refractivity contribution < 1.29 is 4.39 Å². The molecule has 5 heteroatoms. The van der Waals surface area contributed by atoms with Crippen molar-refractivity contribution >= 4 is 17.6 Å². The van der Waals surface area contributed by atoms with Crippen LogP contribution in [0.2, 0.25) is 5.02 Å². The van der Waals surface area contributed by atoms with E-state index in [1.54, 1.807) is 6.07 Å². The zero-order valence-corrected chi connectivity index (χ0v) is 12.1. The van der Waals surface area contributed by atoms with Crippen molar-refractivity contribution in [2.24, 2.45) is 10.7 Å². The highest BCUT2D eigenvalue weighted by Crippen LogP contribution is 2.29. The Morgan fingerprint density at radius 1 is 1.24 bits per heavy atom. The van der Waals surface area contributed by atoms with Crippen LogP contribution in [0.4, 0.5) is 4.39 Å². The number of hydrogen-bond donors (Lipinski definition) is 1. The standard InChI is InChI=1S/C16H15ClFN3/c17-13-6-12(7-14(18)8-13)15-9-20-16(19)21(15)10-11-4-2-1-3-5-11/h1-8,15H,9-10H2,(H2,19,20). The van der Waals surface area contributed by atoms with Crippen LogP contribution >= 0.6 is 11.6 Å². The van der Waals surface area contributed by atoms with Crippen molar-refractivity contribution in [3.8, 4) is 0 Å². The van der Waals surface area contributed by atoms with Crippen molar-refractivity contribution in [2.45, 2.75) is 12.6 Å². The predicted octanol–water partition coefficient (Wildman–Crippen LogP) is 3.35. The van der Waals surface area contributed by atoms with Gasteiger partial charge in [-0.2, -0.15) is 0 Å². The maximum absolute atomic E-state index is 13.6. The van der Waals surface area contributed by atoms with Crippen molar-refractivity contribution in [3.05, 3.63) is 70.5 Å². The number of hydrogen-bond acceptors (Lipinski definition) is 3. The summed E-state index contributed by atoms with van der Waals surface area (Å²) in [4.78, 5) is 6.26. The van der Waals surface area contributed by atoms with Crippen LogP contribution in [0.1, 0.15) is 17.2 Å². The van der Waals surface area contributed by atoms with E-state index in [0.717, 1.165) is 11.1 Å². The molecule has 0 bridgehead atoms. The van der Waals surface area contributed by atoms with Gasteiger partial charge in [0.25, 0.3) is 0 Å².